The van der Waals surface area contributed by atoms with E-state index in [0.717, 1.165) is 25.7 Å². The molecule has 2 rings (SSSR count). The Hall–Kier alpha value is -1.68. The molecule has 1 aliphatic rings. The molecule has 0 aliphatic heterocycles. The zero-order valence-electron chi connectivity index (χ0n) is 11.8. The lowest BCUT2D eigenvalue weighted by atomic mass is 9.86. The topological polar surface area (TPSA) is 66.4 Å². The fraction of sp³-hybridized carbons (Fsp3) is 0.500. The average Bonchev–Trinajstić information content (AvgIpc) is 2.46. The number of hydrogen-bond donors (Lipinski definition) is 2. The van der Waals surface area contributed by atoms with Crippen molar-refractivity contribution in [3.05, 3.63) is 35.4 Å². The predicted octanol–water partition coefficient (Wildman–Crippen LogP) is 2.17. The van der Waals surface area contributed by atoms with Gasteiger partial charge in [-0.2, -0.15) is 0 Å². The summed E-state index contributed by atoms with van der Waals surface area (Å²) in [6.07, 6.45) is 3.67. The second-order valence-corrected chi connectivity index (χ2v) is 5.46. The van der Waals surface area contributed by atoms with Crippen LogP contribution in [0.4, 0.5) is 0 Å². The lowest BCUT2D eigenvalue weighted by molar-refractivity contribution is 0.0662. The quantitative estimate of drug-likeness (QED) is 0.828. The lowest BCUT2D eigenvalue weighted by Gasteiger charge is -2.27. The molecule has 4 nitrogen and oxygen atoms in total. The molecule has 1 aliphatic carbocycles. The minimum atomic E-state index is -0.302. The fourth-order valence-corrected chi connectivity index (χ4v) is 2.61. The minimum absolute atomic E-state index is 0.0118. The summed E-state index contributed by atoms with van der Waals surface area (Å²) >= 11 is 0. The molecule has 0 saturated heterocycles. The van der Waals surface area contributed by atoms with Crippen molar-refractivity contribution in [3.63, 3.8) is 0 Å². The minimum Gasteiger partial charge on any atom is -0.393 e. The maximum absolute atomic E-state index is 12.0. The van der Waals surface area contributed by atoms with E-state index in [9.17, 15) is 14.7 Å². The third-order valence-electron chi connectivity index (χ3n) is 3.95. The van der Waals surface area contributed by atoms with Crippen LogP contribution in [-0.4, -0.2) is 29.4 Å². The summed E-state index contributed by atoms with van der Waals surface area (Å²) in [5.74, 6) is -0.00986. The largest absolute Gasteiger partial charge is 0.393 e. The van der Waals surface area contributed by atoms with Crippen LogP contribution in [0.1, 0.15) is 53.3 Å². The number of ketones is 1. The van der Waals surface area contributed by atoms with Crippen molar-refractivity contribution in [2.24, 2.45) is 5.92 Å². The van der Waals surface area contributed by atoms with Crippen molar-refractivity contribution in [3.8, 4) is 0 Å². The van der Waals surface area contributed by atoms with E-state index in [4.69, 9.17) is 0 Å². The number of benzene rings is 1. The molecule has 1 saturated carbocycles. The monoisotopic (exact) mass is 275 g/mol. The molecule has 0 radical (unpaired) electrons. The highest BCUT2D eigenvalue weighted by Gasteiger charge is 2.23. The number of aliphatic hydroxyl groups is 1. The molecule has 0 bridgehead atoms. The van der Waals surface area contributed by atoms with Gasteiger partial charge in [0.15, 0.2) is 5.78 Å². The van der Waals surface area contributed by atoms with E-state index in [-0.39, 0.29) is 23.7 Å². The molecule has 0 aromatic heterocycles. The average molecular weight is 275 g/mol. The Bertz CT molecular complexity index is 481. The molecular weight excluding hydrogens is 254 g/mol. The van der Waals surface area contributed by atoms with Gasteiger partial charge in [-0.3, -0.25) is 9.59 Å². The Labute approximate surface area is 119 Å². The zero-order valence-corrected chi connectivity index (χ0v) is 11.8. The van der Waals surface area contributed by atoms with E-state index < -0.39 is 0 Å². The van der Waals surface area contributed by atoms with Crippen LogP contribution in [0.5, 0.6) is 0 Å². The first-order chi connectivity index (χ1) is 9.58. The van der Waals surface area contributed by atoms with E-state index >= 15 is 0 Å². The summed E-state index contributed by atoms with van der Waals surface area (Å²) in [6.45, 7) is 2.01. The Morgan fingerprint density at radius 2 is 1.75 bits per heavy atom. The fourth-order valence-electron chi connectivity index (χ4n) is 2.61. The van der Waals surface area contributed by atoms with Gasteiger partial charge < -0.3 is 10.4 Å². The first kappa shape index (κ1) is 14.7. The first-order valence-electron chi connectivity index (χ1n) is 7.15. The number of carbonyl (C=O) groups is 2. The van der Waals surface area contributed by atoms with Crippen molar-refractivity contribution < 1.29 is 14.7 Å². The van der Waals surface area contributed by atoms with Crippen LogP contribution in [0.15, 0.2) is 24.3 Å². The van der Waals surface area contributed by atoms with Gasteiger partial charge in [0, 0.05) is 23.6 Å². The predicted molar refractivity (Wildman–Crippen MR) is 76.7 cm³/mol. The van der Waals surface area contributed by atoms with Crippen molar-refractivity contribution in [2.45, 2.75) is 38.7 Å². The van der Waals surface area contributed by atoms with Gasteiger partial charge in [-0.15, -0.1) is 0 Å². The molecule has 1 fully saturated rings. The number of hydrogen-bond acceptors (Lipinski definition) is 3. The second kappa shape index (κ2) is 6.66. The molecule has 1 aromatic rings. The highest BCUT2D eigenvalue weighted by molar-refractivity contribution is 5.97. The van der Waals surface area contributed by atoms with Crippen molar-refractivity contribution >= 4 is 11.7 Å². The van der Waals surface area contributed by atoms with Crippen LogP contribution in [0.25, 0.3) is 0 Å². The highest BCUT2D eigenvalue weighted by Crippen LogP contribution is 2.23. The summed E-state index contributed by atoms with van der Waals surface area (Å²) in [5, 5.41) is 12.7. The van der Waals surface area contributed by atoms with Gasteiger partial charge in [0.1, 0.15) is 0 Å². The molecule has 4 heteroatoms. The van der Waals surface area contributed by atoms with Crippen LogP contribution in [-0.2, 0) is 0 Å². The van der Waals surface area contributed by atoms with E-state index in [1.54, 1.807) is 24.3 Å². The second-order valence-electron chi connectivity index (χ2n) is 5.46. The summed E-state index contributed by atoms with van der Waals surface area (Å²) < 4.78 is 0. The summed E-state index contributed by atoms with van der Waals surface area (Å²) in [4.78, 5) is 23.2. The highest BCUT2D eigenvalue weighted by atomic mass is 16.3. The van der Waals surface area contributed by atoms with Gasteiger partial charge in [-0.1, -0.05) is 25.0 Å². The number of amides is 1. The maximum Gasteiger partial charge on any atom is 0.251 e. The van der Waals surface area contributed by atoms with Crippen molar-refractivity contribution in [1.29, 1.82) is 0 Å². The molecule has 1 amide bonds. The number of carbonyl (C=O) groups excluding carboxylic acids is 2. The normalized spacial score (nSPS) is 22.3. The lowest BCUT2D eigenvalue weighted by Crippen LogP contribution is -2.36. The molecule has 0 unspecified atom stereocenters. The summed E-state index contributed by atoms with van der Waals surface area (Å²) in [5.41, 5.74) is 1.14. The Kier molecular flexibility index (Phi) is 4.90. The Morgan fingerprint density at radius 3 is 2.35 bits per heavy atom. The number of Topliss-reactive ketones (excluding diaryl/α,β-unsaturated/α-hetero) is 1. The van der Waals surface area contributed by atoms with Crippen LogP contribution >= 0.6 is 0 Å². The molecule has 2 N–H and O–H groups in total. The van der Waals surface area contributed by atoms with E-state index in [0.29, 0.717) is 17.7 Å². The van der Waals surface area contributed by atoms with Crippen LogP contribution in [0.3, 0.4) is 0 Å². The molecule has 2 atom stereocenters. The summed E-state index contributed by atoms with van der Waals surface area (Å²) in [6, 6.07) is 6.63. The number of aliphatic hydroxyl groups excluding tert-OH is 1. The number of rotatable bonds is 4. The number of nitrogens with one attached hydrogen (secondary N) is 1. The zero-order chi connectivity index (χ0) is 14.5. The maximum atomic E-state index is 12.0. The standard InChI is InChI=1S/C16H21NO3/c1-11(18)12-6-8-13(9-7-12)16(20)17-10-14-4-2-3-5-15(14)19/h6-9,14-15,19H,2-5,10H2,1H3,(H,17,20)/t14-,15+/m1/s1. The first-order valence-corrected chi connectivity index (χ1v) is 7.15. The molecule has 1 aromatic carbocycles. The molecule has 0 spiro atoms. The van der Waals surface area contributed by atoms with E-state index in [2.05, 4.69) is 5.32 Å². The van der Waals surface area contributed by atoms with Crippen molar-refractivity contribution in [1.82, 2.24) is 5.32 Å². The third kappa shape index (κ3) is 3.67. The van der Waals surface area contributed by atoms with Gasteiger partial charge in [-0.05, 0) is 31.9 Å². The van der Waals surface area contributed by atoms with E-state index in [1.807, 2.05) is 0 Å². The Balaban J connectivity index is 1.89. The molecule has 0 heterocycles. The van der Waals surface area contributed by atoms with Crippen LogP contribution < -0.4 is 5.32 Å². The molecular formula is C16H21NO3. The van der Waals surface area contributed by atoms with Gasteiger partial charge in [0.2, 0.25) is 0 Å². The summed E-state index contributed by atoms with van der Waals surface area (Å²) in [7, 11) is 0. The van der Waals surface area contributed by atoms with Gasteiger partial charge >= 0.3 is 0 Å². The van der Waals surface area contributed by atoms with Gasteiger partial charge in [0.05, 0.1) is 6.10 Å². The molecule has 20 heavy (non-hydrogen) atoms. The van der Waals surface area contributed by atoms with Gasteiger partial charge in [-0.25, -0.2) is 0 Å². The SMILES string of the molecule is CC(=O)c1ccc(C(=O)NC[C@H]2CCCC[C@@H]2O)cc1. The third-order valence-corrected chi connectivity index (χ3v) is 3.95. The van der Waals surface area contributed by atoms with Crippen LogP contribution in [0, 0.1) is 5.92 Å². The van der Waals surface area contributed by atoms with E-state index in [1.165, 1.54) is 6.92 Å². The Morgan fingerprint density at radius 1 is 1.15 bits per heavy atom. The smallest absolute Gasteiger partial charge is 0.251 e. The van der Waals surface area contributed by atoms with Crippen LogP contribution in [0.2, 0.25) is 0 Å². The van der Waals surface area contributed by atoms with Crippen molar-refractivity contribution in [2.75, 3.05) is 6.54 Å². The van der Waals surface area contributed by atoms with Gasteiger partial charge in [0.25, 0.3) is 5.91 Å². The molecule has 108 valence electrons.